The van der Waals surface area contributed by atoms with E-state index in [2.05, 4.69) is 15.5 Å². The van der Waals surface area contributed by atoms with Crippen molar-refractivity contribution in [3.05, 3.63) is 11.8 Å². The highest BCUT2D eigenvalue weighted by molar-refractivity contribution is 5.91. The van der Waals surface area contributed by atoms with Crippen LogP contribution in [0, 0.1) is 12.8 Å². The SMILES string of the molecule is CCC(C)C(=O)Nc1[nH]ncc1C. The number of aromatic nitrogens is 2. The molecule has 1 rings (SSSR count). The molecule has 13 heavy (non-hydrogen) atoms. The Bertz CT molecular complexity index is 293. The molecule has 2 N–H and O–H groups in total. The minimum absolute atomic E-state index is 0.0369. The van der Waals surface area contributed by atoms with Gasteiger partial charge in [-0.1, -0.05) is 13.8 Å². The van der Waals surface area contributed by atoms with Gasteiger partial charge in [-0.25, -0.2) is 0 Å². The maximum Gasteiger partial charge on any atom is 0.228 e. The molecule has 1 heterocycles. The second-order valence-corrected chi connectivity index (χ2v) is 3.23. The van der Waals surface area contributed by atoms with Gasteiger partial charge >= 0.3 is 0 Å². The molecule has 0 saturated heterocycles. The van der Waals surface area contributed by atoms with Gasteiger partial charge in [0.15, 0.2) is 0 Å². The molecule has 0 spiro atoms. The number of H-pyrrole nitrogens is 1. The minimum atomic E-state index is 0.0369. The third-order valence-corrected chi connectivity index (χ3v) is 2.14. The fourth-order valence-corrected chi connectivity index (χ4v) is 0.905. The maximum absolute atomic E-state index is 11.4. The predicted octanol–water partition coefficient (Wildman–Crippen LogP) is 1.70. The molecule has 0 bridgehead atoms. The van der Waals surface area contributed by atoms with Gasteiger partial charge in [0.1, 0.15) is 5.82 Å². The Morgan fingerprint density at radius 3 is 2.92 bits per heavy atom. The molecule has 0 saturated carbocycles. The Labute approximate surface area is 77.7 Å². The number of anilines is 1. The van der Waals surface area contributed by atoms with Gasteiger partial charge < -0.3 is 5.32 Å². The molecule has 4 nitrogen and oxygen atoms in total. The van der Waals surface area contributed by atoms with E-state index in [1.54, 1.807) is 6.20 Å². The monoisotopic (exact) mass is 181 g/mol. The summed E-state index contributed by atoms with van der Waals surface area (Å²) >= 11 is 0. The zero-order chi connectivity index (χ0) is 9.84. The quantitative estimate of drug-likeness (QED) is 0.745. The van der Waals surface area contributed by atoms with Crippen molar-refractivity contribution in [3.63, 3.8) is 0 Å². The zero-order valence-corrected chi connectivity index (χ0v) is 8.22. The molecule has 1 amide bonds. The lowest BCUT2D eigenvalue weighted by molar-refractivity contribution is -0.119. The highest BCUT2D eigenvalue weighted by Crippen LogP contribution is 2.11. The second-order valence-electron chi connectivity index (χ2n) is 3.23. The normalized spacial score (nSPS) is 12.5. The number of aromatic amines is 1. The summed E-state index contributed by atoms with van der Waals surface area (Å²) in [6.45, 7) is 5.79. The zero-order valence-electron chi connectivity index (χ0n) is 8.22. The van der Waals surface area contributed by atoms with E-state index in [1.165, 1.54) is 0 Å². The first-order valence-electron chi connectivity index (χ1n) is 4.46. The summed E-state index contributed by atoms with van der Waals surface area (Å²) in [5, 5.41) is 9.34. The number of carbonyl (C=O) groups is 1. The van der Waals surface area contributed by atoms with Crippen LogP contribution >= 0.6 is 0 Å². The van der Waals surface area contributed by atoms with E-state index in [-0.39, 0.29) is 11.8 Å². The van der Waals surface area contributed by atoms with Crippen LogP contribution in [0.5, 0.6) is 0 Å². The van der Waals surface area contributed by atoms with Gasteiger partial charge in [-0.05, 0) is 13.3 Å². The molecule has 1 atom stereocenters. The van der Waals surface area contributed by atoms with Crippen molar-refractivity contribution >= 4 is 11.7 Å². The molecular weight excluding hydrogens is 166 g/mol. The number of hydrogen-bond donors (Lipinski definition) is 2. The molecule has 1 aromatic rings. The Kier molecular flexibility index (Phi) is 3.06. The molecule has 0 radical (unpaired) electrons. The molecule has 0 aromatic carbocycles. The highest BCUT2D eigenvalue weighted by atomic mass is 16.1. The van der Waals surface area contributed by atoms with Crippen LogP contribution in [-0.2, 0) is 4.79 Å². The summed E-state index contributed by atoms with van der Waals surface area (Å²) in [6.07, 6.45) is 2.53. The Hall–Kier alpha value is -1.32. The smallest absolute Gasteiger partial charge is 0.228 e. The van der Waals surface area contributed by atoms with Crippen LogP contribution in [0.1, 0.15) is 25.8 Å². The second kappa shape index (κ2) is 4.07. The number of rotatable bonds is 3. The summed E-state index contributed by atoms with van der Waals surface area (Å²) in [5.74, 6) is 0.780. The van der Waals surface area contributed by atoms with Crippen LogP contribution in [-0.4, -0.2) is 16.1 Å². The molecule has 0 aliphatic carbocycles. The third-order valence-electron chi connectivity index (χ3n) is 2.14. The van der Waals surface area contributed by atoms with E-state index in [4.69, 9.17) is 0 Å². The van der Waals surface area contributed by atoms with Crippen molar-refractivity contribution in [2.45, 2.75) is 27.2 Å². The van der Waals surface area contributed by atoms with Crippen molar-refractivity contribution in [1.82, 2.24) is 10.2 Å². The predicted molar refractivity (Wildman–Crippen MR) is 51.4 cm³/mol. The van der Waals surface area contributed by atoms with E-state index in [9.17, 15) is 4.79 Å². The maximum atomic E-state index is 11.4. The van der Waals surface area contributed by atoms with Crippen molar-refractivity contribution in [1.29, 1.82) is 0 Å². The number of amides is 1. The Morgan fingerprint density at radius 2 is 2.46 bits per heavy atom. The van der Waals surface area contributed by atoms with Crippen molar-refractivity contribution in [2.75, 3.05) is 5.32 Å². The summed E-state index contributed by atoms with van der Waals surface area (Å²) in [4.78, 5) is 11.4. The Morgan fingerprint density at radius 1 is 1.77 bits per heavy atom. The van der Waals surface area contributed by atoms with Crippen LogP contribution in [0.4, 0.5) is 5.82 Å². The van der Waals surface area contributed by atoms with Crippen LogP contribution < -0.4 is 5.32 Å². The number of nitrogens with one attached hydrogen (secondary N) is 2. The first-order chi connectivity index (χ1) is 6.15. The Balaban J connectivity index is 2.60. The summed E-state index contributed by atoms with van der Waals surface area (Å²) < 4.78 is 0. The third kappa shape index (κ3) is 2.31. The largest absolute Gasteiger partial charge is 0.311 e. The summed E-state index contributed by atoms with van der Waals surface area (Å²) in [6, 6.07) is 0. The average molecular weight is 181 g/mol. The van der Waals surface area contributed by atoms with Gasteiger partial charge in [-0.2, -0.15) is 5.10 Å². The molecule has 72 valence electrons. The molecule has 1 unspecified atom stereocenters. The van der Waals surface area contributed by atoms with Crippen LogP contribution in [0.3, 0.4) is 0 Å². The first-order valence-corrected chi connectivity index (χ1v) is 4.46. The average Bonchev–Trinajstić information content (AvgIpc) is 2.50. The van der Waals surface area contributed by atoms with Crippen LogP contribution in [0.25, 0.3) is 0 Å². The van der Waals surface area contributed by atoms with Gasteiger partial charge in [-0.15, -0.1) is 0 Å². The molecule has 4 heteroatoms. The van der Waals surface area contributed by atoms with E-state index in [0.717, 1.165) is 12.0 Å². The highest BCUT2D eigenvalue weighted by Gasteiger charge is 2.11. The fraction of sp³-hybridized carbons (Fsp3) is 0.556. The molecule has 1 aromatic heterocycles. The lowest BCUT2D eigenvalue weighted by Crippen LogP contribution is -2.20. The van der Waals surface area contributed by atoms with Gasteiger partial charge in [0.05, 0.1) is 6.20 Å². The molecule has 0 fully saturated rings. The van der Waals surface area contributed by atoms with Crippen molar-refractivity contribution < 1.29 is 4.79 Å². The van der Waals surface area contributed by atoms with E-state index >= 15 is 0 Å². The molecule has 0 aliphatic rings. The van der Waals surface area contributed by atoms with Gasteiger partial charge in [-0.3, -0.25) is 9.89 Å². The lowest BCUT2D eigenvalue weighted by atomic mass is 10.1. The van der Waals surface area contributed by atoms with Gasteiger partial charge in [0.2, 0.25) is 5.91 Å². The van der Waals surface area contributed by atoms with Crippen LogP contribution in [0.15, 0.2) is 6.20 Å². The molecular formula is C9H15N3O. The standard InChI is InChI=1S/C9H15N3O/c1-4-6(2)9(13)11-8-7(3)5-10-12-8/h5-6H,4H2,1-3H3,(H2,10,11,12,13). The first kappa shape index (κ1) is 9.77. The van der Waals surface area contributed by atoms with Gasteiger partial charge in [0.25, 0.3) is 0 Å². The van der Waals surface area contributed by atoms with Crippen LogP contribution in [0.2, 0.25) is 0 Å². The molecule has 0 aliphatic heterocycles. The topological polar surface area (TPSA) is 57.8 Å². The number of aryl methyl sites for hydroxylation is 1. The van der Waals surface area contributed by atoms with E-state index in [0.29, 0.717) is 5.82 Å². The van der Waals surface area contributed by atoms with E-state index < -0.39 is 0 Å². The summed E-state index contributed by atoms with van der Waals surface area (Å²) in [5.41, 5.74) is 0.955. The van der Waals surface area contributed by atoms with Crippen molar-refractivity contribution in [2.24, 2.45) is 5.92 Å². The number of carbonyl (C=O) groups excluding carboxylic acids is 1. The number of nitrogens with zero attached hydrogens (tertiary/aromatic N) is 1. The summed E-state index contributed by atoms with van der Waals surface area (Å²) in [7, 11) is 0. The minimum Gasteiger partial charge on any atom is -0.311 e. The fourth-order valence-electron chi connectivity index (χ4n) is 0.905. The van der Waals surface area contributed by atoms with E-state index in [1.807, 2.05) is 20.8 Å². The van der Waals surface area contributed by atoms with Crippen molar-refractivity contribution in [3.8, 4) is 0 Å². The van der Waals surface area contributed by atoms with Gasteiger partial charge in [0, 0.05) is 11.5 Å². The lowest BCUT2D eigenvalue weighted by Gasteiger charge is -2.08. The number of hydrogen-bond acceptors (Lipinski definition) is 2.